The number of esters is 1. The molecule has 0 radical (unpaired) electrons. The Hall–Kier alpha value is -3.61. The van der Waals surface area contributed by atoms with E-state index < -0.39 is 5.97 Å². The molecule has 4 rings (SSSR count). The van der Waals surface area contributed by atoms with Crippen molar-refractivity contribution in [2.75, 3.05) is 0 Å². The van der Waals surface area contributed by atoms with Gasteiger partial charge >= 0.3 is 5.97 Å². The SMILES string of the molecule is Cc1cc(C(=O)OCc2coc(-c3ccc(F)cc3)n2)c(C)n1Cc1ccco1. The fourth-order valence-electron chi connectivity index (χ4n) is 3.13. The third-order valence-corrected chi connectivity index (χ3v) is 4.68. The Labute approximate surface area is 166 Å². The molecule has 7 heteroatoms. The second-order valence-corrected chi connectivity index (χ2v) is 6.68. The molecule has 0 aliphatic carbocycles. The van der Waals surface area contributed by atoms with Crippen LogP contribution in [-0.2, 0) is 17.9 Å². The quantitative estimate of drug-likeness (QED) is 0.435. The standard InChI is InChI=1S/C22H19FN2O4/c1-14-10-20(15(2)25(14)11-19-4-3-9-27-19)22(26)29-13-18-12-28-21(24-18)16-5-7-17(23)8-6-16/h3-10,12H,11,13H2,1-2H3. The highest BCUT2D eigenvalue weighted by atomic mass is 19.1. The van der Waals surface area contributed by atoms with Crippen molar-refractivity contribution in [2.45, 2.75) is 27.0 Å². The molecule has 3 aromatic heterocycles. The fraction of sp³-hybridized carbons (Fsp3) is 0.182. The first-order valence-corrected chi connectivity index (χ1v) is 9.08. The predicted molar refractivity (Wildman–Crippen MR) is 103 cm³/mol. The van der Waals surface area contributed by atoms with E-state index in [1.807, 2.05) is 30.5 Å². The normalized spacial score (nSPS) is 11.0. The number of aryl methyl sites for hydroxylation is 1. The lowest BCUT2D eigenvalue weighted by atomic mass is 10.2. The Bertz CT molecular complexity index is 1120. The zero-order valence-corrected chi connectivity index (χ0v) is 16.0. The number of halogens is 1. The van der Waals surface area contributed by atoms with E-state index >= 15 is 0 Å². The van der Waals surface area contributed by atoms with E-state index in [0.29, 0.717) is 29.3 Å². The van der Waals surface area contributed by atoms with E-state index in [1.165, 1.54) is 18.4 Å². The molecule has 148 valence electrons. The lowest BCUT2D eigenvalue weighted by Gasteiger charge is -2.08. The number of aromatic nitrogens is 2. The maximum atomic E-state index is 13.0. The summed E-state index contributed by atoms with van der Waals surface area (Å²) in [5.74, 6) is 0.379. The summed E-state index contributed by atoms with van der Waals surface area (Å²) >= 11 is 0. The summed E-state index contributed by atoms with van der Waals surface area (Å²) in [6, 6.07) is 11.3. The van der Waals surface area contributed by atoms with E-state index in [2.05, 4.69) is 4.98 Å². The van der Waals surface area contributed by atoms with E-state index in [-0.39, 0.29) is 12.4 Å². The van der Waals surface area contributed by atoms with Gasteiger partial charge in [-0.1, -0.05) is 0 Å². The van der Waals surface area contributed by atoms with E-state index in [9.17, 15) is 9.18 Å². The highest BCUT2D eigenvalue weighted by Crippen LogP contribution is 2.21. The average Bonchev–Trinajstić information content (AvgIpc) is 3.45. The first-order valence-electron chi connectivity index (χ1n) is 9.08. The number of rotatable bonds is 6. The monoisotopic (exact) mass is 394 g/mol. The molecule has 0 aliphatic rings. The highest BCUT2D eigenvalue weighted by molar-refractivity contribution is 5.91. The Morgan fingerprint density at radius 1 is 1.17 bits per heavy atom. The van der Waals surface area contributed by atoms with Crippen molar-refractivity contribution >= 4 is 5.97 Å². The van der Waals surface area contributed by atoms with Crippen molar-refractivity contribution in [2.24, 2.45) is 0 Å². The molecule has 4 aromatic rings. The molecule has 0 aliphatic heterocycles. The van der Waals surface area contributed by atoms with Crippen molar-refractivity contribution in [3.8, 4) is 11.5 Å². The van der Waals surface area contributed by atoms with Crippen LogP contribution in [0.25, 0.3) is 11.5 Å². The van der Waals surface area contributed by atoms with Crippen molar-refractivity contribution < 1.29 is 22.8 Å². The summed E-state index contributed by atoms with van der Waals surface area (Å²) in [5, 5.41) is 0. The number of oxazole rings is 1. The van der Waals surface area contributed by atoms with Crippen LogP contribution in [0.5, 0.6) is 0 Å². The Morgan fingerprint density at radius 2 is 1.97 bits per heavy atom. The lowest BCUT2D eigenvalue weighted by molar-refractivity contribution is 0.0466. The van der Waals surface area contributed by atoms with Crippen LogP contribution in [-0.4, -0.2) is 15.5 Å². The maximum absolute atomic E-state index is 13.0. The molecule has 3 heterocycles. The molecule has 0 amide bonds. The summed E-state index contributed by atoms with van der Waals surface area (Å²) in [7, 11) is 0. The van der Waals surface area contributed by atoms with Gasteiger partial charge in [-0.15, -0.1) is 0 Å². The van der Waals surface area contributed by atoms with Crippen LogP contribution < -0.4 is 0 Å². The second-order valence-electron chi connectivity index (χ2n) is 6.68. The van der Waals surface area contributed by atoms with Crippen LogP contribution in [0.4, 0.5) is 4.39 Å². The van der Waals surface area contributed by atoms with Crippen molar-refractivity contribution in [3.63, 3.8) is 0 Å². The molecule has 0 fully saturated rings. The minimum absolute atomic E-state index is 0.0224. The predicted octanol–water partition coefficient (Wildman–Crippen LogP) is 4.90. The molecule has 0 bridgehead atoms. The van der Waals surface area contributed by atoms with Gasteiger partial charge in [-0.3, -0.25) is 0 Å². The van der Waals surface area contributed by atoms with Gasteiger partial charge in [-0.05, 0) is 56.3 Å². The Kier molecular flexibility index (Phi) is 5.03. The second kappa shape index (κ2) is 7.79. The maximum Gasteiger partial charge on any atom is 0.340 e. The van der Waals surface area contributed by atoms with E-state index in [0.717, 1.165) is 17.1 Å². The smallest absolute Gasteiger partial charge is 0.340 e. The van der Waals surface area contributed by atoms with Crippen molar-refractivity contribution in [1.82, 2.24) is 9.55 Å². The van der Waals surface area contributed by atoms with Gasteiger partial charge in [0.2, 0.25) is 5.89 Å². The first-order chi connectivity index (χ1) is 14.0. The van der Waals surface area contributed by atoms with Gasteiger partial charge in [-0.2, -0.15) is 0 Å². The summed E-state index contributed by atoms with van der Waals surface area (Å²) in [4.78, 5) is 16.8. The summed E-state index contributed by atoms with van der Waals surface area (Å²) in [6.07, 6.45) is 3.04. The van der Waals surface area contributed by atoms with E-state index in [1.54, 1.807) is 24.5 Å². The third kappa shape index (κ3) is 3.99. The number of carbonyl (C=O) groups is 1. The number of carbonyl (C=O) groups excluding carboxylic acids is 1. The summed E-state index contributed by atoms with van der Waals surface area (Å²) in [5.41, 5.74) is 3.35. The zero-order valence-electron chi connectivity index (χ0n) is 16.0. The average molecular weight is 394 g/mol. The van der Waals surface area contributed by atoms with Crippen LogP contribution in [0.15, 0.2) is 63.8 Å². The molecule has 0 N–H and O–H groups in total. The summed E-state index contributed by atoms with van der Waals surface area (Å²) in [6.45, 7) is 4.32. The lowest BCUT2D eigenvalue weighted by Crippen LogP contribution is -2.08. The van der Waals surface area contributed by atoms with E-state index in [4.69, 9.17) is 13.6 Å². The largest absolute Gasteiger partial charge is 0.467 e. The molecule has 0 atom stereocenters. The van der Waals surface area contributed by atoms with Crippen molar-refractivity contribution in [3.05, 3.63) is 89.2 Å². The van der Waals surface area contributed by atoms with Gasteiger partial charge < -0.3 is 18.1 Å². The van der Waals surface area contributed by atoms with Crippen LogP contribution in [0.1, 0.15) is 33.2 Å². The number of ether oxygens (including phenoxy) is 1. The van der Waals surface area contributed by atoms with Gasteiger partial charge in [0.25, 0.3) is 0 Å². The number of furan rings is 1. The molecule has 0 spiro atoms. The third-order valence-electron chi connectivity index (χ3n) is 4.68. The van der Waals surface area contributed by atoms with Crippen LogP contribution >= 0.6 is 0 Å². The number of hydrogen-bond donors (Lipinski definition) is 0. The fourth-order valence-corrected chi connectivity index (χ4v) is 3.13. The molecule has 6 nitrogen and oxygen atoms in total. The van der Waals surface area contributed by atoms with Gasteiger partial charge in [0.15, 0.2) is 0 Å². The molecule has 1 aromatic carbocycles. The number of hydrogen-bond acceptors (Lipinski definition) is 5. The van der Waals surface area contributed by atoms with Crippen molar-refractivity contribution in [1.29, 1.82) is 0 Å². The molecule has 0 unspecified atom stereocenters. The molecule has 29 heavy (non-hydrogen) atoms. The summed E-state index contributed by atoms with van der Waals surface area (Å²) < 4.78 is 31.2. The topological polar surface area (TPSA) is 70.4 Å². The van der Waals surface area contributed by atoms with Gasteiger partial charge in [0.05, 0.1) is 18.4 Å². The molecule has 0 saturated carbocycles. The van der Waals surface area contributed by atoms with Gasteiger partial charge in [0.1, 0.15) is 30.1 Å². The number of nitrogens with zero attached hydrogens (tertiary/aromatic N) is 2. The van der Waals surface area contributed by atoms with Gasteiger partial charge in [-0.25, -0.2) is 14.2 Å². The number of benzene rings is 1. The molecule has 0 saturated heterocycles. The van der Waals surface area contributed by atoms with Crippen LogP contribution in [0.2, 0.25) is 0 Å². The Morgan fingerprint density at radius 3 is 2.69 bits per heavy atom. The Balaban J connectivity index is 1.43. The minimum Gasteiger partial charge on any atom is -0.467 e. The van der Waals surface area contributed by atoms with Crippen LogP contribution in [0.3, 0.4) is 0 Å². The van der Waals surface area contributed by atoms with Gasteiger partial charge in [0, 0.05) is 17.0 Å². The highest BCUT2D eigenvalue weighted by Gasteiger charge is 2.18. The first kappa shape index (κ1) is 18.7. The minimum atomic E-state index is -0.435. The van der Waals surface area contributed by atoms with Crippen LogP contribution in [0, 0.1) is 19.7 Å². The zero-order chi connectivity index (χ0) is 20.4. The molecular weight excluding hydrogens is 375 g/mol. The molecular formula is C22H19FN2O4.